The van der Waals surface area contributed by atoms with Gasteiger partial charge in [-0.15, -0.1) is 0 Å². The van der Waals surface area contributed by atoms with Gasteiger partial charge in [-0.3, -0.25) is 0 Å². The van der Waals surface area contributed by atoms with Gasteiger partial charge in [-0.1, -0.05) is 27.7 Å². The van der Waals surface area contributed by atoms with E-state index >= 15 is 0 Å². The van der Waals surface area contributed by atoms with Crippen LogP contribution < -0.4 is 5.32 Å². The highest BCUT2D eigenvalue weighted by Crippen LogP contribution is 2.19. The van der Waals surface area contributed by atoms with Crippen LogP contribution in [0, 0.1) is 11.8 Å². The third-order valence-electron chi connectivity index (χ3n) is 2.34. The van der Waals surface area contributed by atoms with E-state index in [4.69, 9.17) is 0 Å². The van der Waals surface area contributed by atoms with Gasteiger partial charge in [-0.2, -0.15) is 0 Å². The predicted octanol–water partition coefficient (Wildman–Crippen LogP) is 2.03. The fraction of sp³-hybridized carbons (Fsp3) is 1.00. The van der Waals surface area contributed by atoms with Crippen LogP contribution in [0.3, 0.4) is 0 Å². The standard InChI is InChI=1S/C9H19NO.C2H6/c1-7(2)5-8-6-10-4-3-9(8)11;1-2/h7-11H,3-6H2,1-2H3;1-2H3. The van der Waals surface area contributed by atoms with Crippen molar-refractivity contribution in [2.75, 3.05) is 13.1 Å². The summed E-state index contributed by atoms with van der Waals surface area (Å²) in [4.78, 5) is 0. The topological polar surface area (TPSA) is 32.3 Å². The van der Waals surface area contributed by atoms with Crippen LogP contribution in [0.15, 0.2) is 0 Å². The first-order chi connectivity index (χ1) is 6.20. The Labute approximate surface area is 82.7 Å². The second kappa shape index (κ2) is 7.34. The second-order valence-corrected chi connectivity index (χ2v) is 3.95. The molecule has 0 aromatic heterocycles. The average Bonchev–Trinajstić information content (AvgIpc) is 2.12. The smallest absolute Gasteiger partial charge is 0.0592 e. The molecule has 0 aromatic rings. The molecule has 13 heavy (non-hydrogen) atoms. The number of aliphatic hydroxyl groups excluding tert-OH is 1. The first-order valence-electron chi connectivity index (χ1n) is 5.59. The number of piperidine rings is 1. The van der Waals surface area contributed by atoms with Gasteiger partial charge in [0, 0.05) is 6.54 Å². The fourth-order valence-electron chi connectivity index (χ4n) is 1.76. The maximum atomic E-state index is 9.58. The third-order valence-corrected chi connectivity index (χ3v) is 2.34. The van der Waals surface area contributed by atoms with Gasteiger partial charge in [0.1, 0.15) is 0 Å². The van der Waals surface area contributed by atoms with Crippen molar-refractivity contribution in [3.63, 3.8) is 0 Å². The van der Waals surface area contributed by atoms with Crippen molar-refractivity contribution < 1.29 is 5.11 Å². The zero-order valence-corrected chi connectivity index (χ0v) is 9.51. The highest BCUT2D eigenvalue weighted by Gasteiger charge is 2.22. The van der Waals surface area contributed by atoms with Crippen LogP contribution >= 0.6 is 0 Å². The van der Waals surface area contributed by atoms with Crippen LogP contribution in [0.25, 0.3) is 0 Å². The molecule has 2 unspecified atom stereocenters. The van der Waals surface area contributed by atoms with E-state index in [2.05, 4.69) is 19.2 Å². The minimum atomic E-state index is -0.0568. The molecule has 0 saturated carbocycles. The van der Waals surface area contributed by atoms with E-state index < -0.39 is 0 Å². The van der Waals surface area contributed by atoms with Crippen LogP contribution in [0.1, 0.15) is 40.5 Å². The molecule has 2 atom stereocenters. The largest absolute Gasteiger partial charge is 0.393 e. The highest BCUT2D eigenvalue weighted by atomic mass is 16.3. The van der Waals surface area contributed by atoms with E-state index in [1.807, 2.05) is 13.8 Å². The molecule has 80 valence electrons. The van der Waals surface area contributed by atoms with Crippen molar-refractivity contribution in [2.24, 2.45) is 11.8 Å². The molecule has 1 saturated heterocycles. The van der Waals surface area contributed by atoms with Gasteiger partial charge in [0.25, 0.3) is 0 Å². The molecule has 0 aromatic carbocycles. The number of hydrogen-bond donors (Lipinski definition) is 2. The Bertz CT molecular complexity index is 115. The predicted molar refractivity (Wildman–Crippen MR) is 57.8 cm³/mol. The molecule has 0 radical (unpaired) electrons. The molecule has 1 aliphatic rings. The molecule has 0 spiro atoms. The monoisotopic (exact) mass is 187 g/mol. The lowest BCUT2D eigenvalue weighted by Crippen LogP contribution is -2.40. The first-order valence-corrected chi connectivity index (χ1v) is 5.59. The van der Waals surface area contributed by atoms with Crippen molar-refractivity contribution in [2.45, 2.75) is 46.6 Å². The Morgan fingerprint density at radius 3 is 2.46 bits per heavy atom. The number of rotatable bonds is 2. The molecule has 1 rings (SSSR count). The molecule has 0 amide bonds. The fourth-order valence-corrected chi connectivity index (χ4v) is 1.76. The molecular formula is C11H25NO. The molecule has 2 heteroatoms. The van der Waals surface area contributed by atoms with Crippen molar-refractivity contribution >= 4 is 0 Å². The molecule has 2 N–H and O–H groups in total. The quantitative estimate of drug-likeness (QED) is 0.693. The first kappa shape index (κ1) is 12.9. The van der Waals surface area contributed by atoms with E-state index in [1.165, 1.54) is 0 Å². The molecular weight excluding hydrogens is 162 g/mol. The second-order valence-electron chi connectivity index (χ2n) is 3.95. The summed E-state index contributed by atoms with van der Waals surface area (Å²) in [5.74, 6) is 1.19. The summed E-state index contributed by atoms with van der Waals surface area (Å²) < 4.78 is 0. The van der Waals surface area contributed by atoms with Gasteiger partial charge in [0.2, 0.25) is 0 Å². The van der Waals surface area contributed by atoms with E-state index in [9.17, 15) is 5.11 Å². The van der Waals surface area contributed by atoms with E-state index in [0.717, 1.165) is 25.9 Å². The van der Waals surface area contributed by atoms with Gasteiger partial charge < -0.3 is 10.4 Å². The average molecular weight is 187 g/mol. The maximum absolute atomic E-state index is 9.58. The summed E-state index contributed by atoms with van der Waals surface area (Å²) in [6.07, 6.45) is 2.02. The SMILES string of the molecule is CC.CC(C)CC1CNCCC1O. The summed E-state index contributed by atoms with van der Waals surface area (Å²) in [6.45, 7) is 10.4. The van der Waals surface area contributed by atoms with Crippen molar-refractivity contribution in [1.82, 2.24) is 5.32 Å². The van der Waals surface area contributed by atoms with Gasteiger partial charge in [-0.25, -0.2) is 0 Å². The minimum absolute atomic E-state index is 0.0568. The summed E-state index contributed by atoms with van der Waals surface area (Å²) in [6, 6.07) is 0. The molecule has 1 fully saturated rings. The number of nitrogens with one attached hydrogen (secondary N) is 1. The Morgan fingerprint density at radius 1 is 1.38 bits per heavy atom. The summed E-state index contributed by atoms with van der Waals surface area (Å²) in [7, 11) is 0. The molecule has 0 bridgehead atoms. The Morgan fingerprint density at radius 2 is 2.00 bits per heavy atom. The lowest BCUT2D eigenvalue weighted by molar-refractivity contribution is 0.0679. The van der Waals surface area contributed by atoms with Crippen LogP contribution in [0.5, 0.6) is 0 Å². The zero-order valence-electron chi connectivity index (χ0n) is 9.51. The molecule has 0 aliphatic carbocycles. The van der Waals surface area contributed by atoms with Gasteiger partial charge in [-0.05, 0) is 31.2 Å². The van der Waals surface area contributed by atoms with Gasteiger partial charge in [0.15, 0.2) is 0 Å². The lowest BCUT2D eigenvalue weighted by atomic mass is 9.88. The number of hydrogen-bond acceptors (Lipinski definition) is 2. The van der Waals surface area contributed by atoms with Gasteiger partial charge >= 0.3 is 0 Å². The zero-order chi connectivity index (χ0) is 10.3. The third kappa shape index (κ3) is 5.27. The summed E-state index contributed by atoms with van der Waals surface area (Å²) >= 11 is 0. The highest BCUT2D eigenvalue weighted by molar-refractivity contribution is 4.77. The lowest BCUT2D eigenvalue weighted by Gasteiger charge is -2.29. The van der Waals surface area contributed by atoms with Crippen LogP contribution in [-0.4, -0.2) is 24.3 Å². The van der Waals surface area contributed by atoms with Crippen LogP contribution in [-0.2, 0) is 0 Å². The van der Waals surface area contributed by atoms with Crippen molar-refractivity contribution in [3.05, 3.63) is 0 Å². The van der Waals surface area contributed by atoms with E-state index in [-0.39, 0.29) is 6.10 Å². The molecule has 1 aliphatic heterocycles. The Kier molecular flexibility index (Phi) is 7.29. The normalized spacial score (nSPS) is 28.2. The Hall–Kier alpha value is -0.0800. The van der Waals surface area contributed by atoms with Crippen molar-refractivity contribution in [3.8, 4) is 0 Å². The van der Waals surface area contributed by atoms with Crippen LogP contribution in [0.4, 0.5) is 0 Å². The summed E-state index contributed by atoms with van der Waals surface area (Å²) in [5, 5.41) is 12.9. The Balaban J connectivity index is 0.000000671. The van der Waals surface area contributed by atoms with Crippen molar-refractivity contribution in [1.29, 1.82) is 0 Å². The van der Waals surface area contributed by atoms with Crippen LogP contribution in [0.2, 0.25) is 0 Å². The minimum Gasteiger partial charge on any atom is -0.393 e. The maximum Gasteiger partial charge on any atom is 0.0592 e. The van der Waals surface area contributed by atoms with Gasteiger partial charge in [0.05, 0.1) is 6.10 Å². The molecule has 2 nitrogen and oxygen atoms in total. The number of aliphatic hydroxyl groups is 1. The summed E-state index contributed by atoms with van der Waals surface area (Å²) in [5.41, 5.74) is 0. The van der Waals surface area contributed by atoms with E-state index in [1.54, 1.807) is 0 Å². The molecule has 1 heterocycles. The van der Waals surface area contributed by atoms with E-state index in [0.29, 0.717) is 11.8 Å².